The molecule has 0 radical (unpaired) electrons. The smallest absolute Gasteiger partial charge is 0.266 e. The number of amides is 2. The molecule has 2 aromatic carbocycles. The van der Waals surface area contributed by atoms with Crippen LogP contribution >= 0.6 is 27.7 Å². The fourth-order valence-electron chi connectivity index (χ4n) is 3.96. The van der Waals surface area contributed by atoms with E-state index in [0.717, 1.165) is 10.0 Å². The van der Waals surface area contributed by atoms with E-state index in [0.29, 0.717) is 65.7 Å². The largest absolute Gasteiger partial charge is 0.493 e. The van der Waals surface area contributed by atoms with Crippen LogP contribution in [-0.4, -0.2) is 72.8 Å². The number of amidine groups is 1. The Morgan fingerprint density at radius 3 is 2.68 bits per heavy atom. The van der Waals surface area contributed by atoms with Crippen molar-refractivity contribution in [2.45, 2.75) is 26.9 Å². The Balaban J connectivity index is 1.60. The molecule has 0 N–H and O–H groups in total. The zero-order chi connectivity index (χ0) is 26.5. The fraction of sp³-hybridized carbons (Fsp3) is 0.370. The number of hydrogen-bond donors (Lipinski definition) is 0. The van der Waals surface area contributed by atoms with Gasteiger partial charge in [0.25, 0.3) is 11.8 Å². The molecule has 2 fully saturated rings. The zero-order valence-electron chi connectivity index (χ0n) is 21.3. The van der Waals surface area contributed by atoms with Gasteiger partial charge in [0.1, 0.15) is 0 Å². The first kappa shape index (κ1) is 27.2. The van der Waals surface area contributed by atoms with Gasteiger partial charge in [-0.25, -0.2) is 4.99 Å². The topological polar surface area (TPSA) is 80.7 Å². The van der Waals surface area contributed by atoms with Crippen LogP contribution in [0.4, 0.5) is 5.69 Å². The van der Waals surface area contributed by atoms with Crippen LogP contribution in [0.1, 0.15) is 36.7 Å². The van der Waals surface area contributed by atoms with Gasteiger partial charge >= 0.3 is 0 Å². The van der Waals surface area contributed by atoms with Gasteiger partial charge in [-0.1, -0.05) is 6.07 Å². The summed E-state index contributed by atoms with van der Waals surface area (Å²) in [6.45, 7) is 8.52. The van der Waals surface area contributed by atoms with E-state index in [4.69, 9.17) is 19.2 Å². The highest BCUT2D eigenvalue weighted by atomic mass is 79.9. The third kappa shape index (κ3) is 6.37. The lowest BCUT2D eigenvalue weighted by molar-refractivity contribution is -0.122. The molecule has 37 heavy (non-hydrogen) atoms. The van der Waals surface area contributed by atoms with Crippen molar-refractivity contribution >= 4 is 56.4 Å². The highest BCUT2D eigenvalue weighted by Gasteiger charge is 2.32. The second-order valence-corrected chi connectivity index (χ2v) is 10.6. The Kier molecular flexibility index (Phi) is 8.94. The molecule has 0 aliphatic carbocycles. The van der Waals surface area contributed by atoms with Crippen LogP contribution in [0, 0.1) is 0 Å². The third-order valence-corrected chi connectivity index (χ3v) is 7.32. The Morgan fingerprint density at radius 1 is 1.24 bits per heavy atom. The Bertz CT molecular complexity index is 1240. The van der Waals surface area contributed by atoms with E-state index in [9.17, 15) is 9.59 Å². The first-order chi connectivity index (χ1) is 17.8. The van der Waals surface area contributed by atoms with Crippen LogP contribution in [0.15, 0.2) is 50.8 Å². The maximum atomic E-state index is 13.2. The van der Waals surface area contributed by atoms with Crippen molar-refractivity contribution in [1.29, 1.82) is 0 Å². The number of aliphatic imine (C=N–C) groups is 1. The van der Waals surface area contributed by atoms with E-state index in [-0.39, 0.29) is 17.9 Å². The first-order valence-electron chi connectivity index (χ1n) is 12.1. The average Bonchev–Trinajstić information content (AvgIpc) is 3.18. The number of halogens is 1. The monoisotopic (exact) mass is 587 g/mol. The highest BCUT2D eigenvalue weighted by molar-refractivity contribution is 9.10. The summed E-state index contributed by atoms with van der Waals surface area (Å²) in [5.74, 6) is 1.03. The number of benzene rings is 2. The second-order valence-electron chi connectivity index (χ2n) is 8.71. The molecule has 0 aromatic heterocycles. The lowest BCUT2D eigenvalue weighted by Crippen LogP contribution is -2.40. The molecule has 2 saturated heterocycles. The van der Waals surface area contributed by atoms with Crippen molar-refractivity contribution in [2.24, 2.45) is 4.99 Å². The molecule has 0 unspecified atom stereocenters. The summed E-state index contributed by atoms with van der Waals surface area (Å²) < 4.78 is 17.5. The average molecular weight is 589 g/mol. The normalized spacial score (nSPS) is 18.3. The predicted molar refractivity (Wildman–Crippen MR) is 150 cm³/mol. The maximum absolute atomic E-state index is 13.2. The van der Waals surface area contributed by atoms with Crippen molar-refractivity contribution in [1.82, 2.24) is 9.80 Å². The molecule has 8 nitrogen and oxygen atoms in total. The van der Waals surface area contributed by atoms with Crippen molar-refractivity contribution in [3.05, 3.63) is 56.9 Å². The van der Waals surface area contributed by atoms with E-state index in [1.165, 1.54) is 11.8 Å². The Labute approximate surface area is 229 Å². The number of rotatable bonds is 7. The summed E-state index contributed by atoms with van der Waals surface area (Å²) in [5, 5.41) is 0.570. The number of carbonyl (C=O) groups excluding carboxylic acids is 2. The number of methoxy groups -OCH3 is 1. The van der Waals surface area contributed by atoms with Crippen LogP contribution in [0.25, 0.3) is 6.08 Å². The van der Waals surface area contributed by atoms with Gasteiger partial charge in [-0.15, -0.1) is 0 Å². The van der Waals surface area contributed by atoms with Gasteiger partial charge in [0.05, 0.1) is 41.5 Å². The van der Waals surface area contributed by atoms with E-state index in [2.05, 4.69) is 15.9 Å². The second kappa shape index (κ2) is 12.1. The van der Waals surface area contributed by atoms with E-state index in [1.807, 2.05) is 51.1 Å². The molecule has 2 aromatic rings. The standard InChI is InChI=1S/C27H30BrN3O5S/c1-5-31-26(33)23(15-18-13-21(28)24(36-17(2)3)22(14-18)34-4)37-27(31)29-20-8-6-7-19(16-20)25(32)30-9-11-35-12-10-30/h6-8,13-17H,5,9-12H2,1-4H3/b23-15+,29-27?. The highest BCUT2D eigenvalue weighted by Crippen LogP contribution is 2.40. The molecular weight excluding hydrogens is 558 g/mol. The van der Waals surface area contributed by atoms with Gasteiger partial charge < -0.3 is 19.1 Å². The predicted octanol–water partition coefficient (Wildman–Crippen LogP) is 5.34. The number of thioether (sulfide) groups is 1. The third-order valence-electron chi connectivity index (χ3n) is 5.72. The molecule has 2 amide bonds. The molecule has 0 saturated carbocycles. The summed E-state index contributed by atoms with van der Waals surface area (Å²) in [7, 11) is 1.59. The van der Waals surface area contributed by atoms with Crippen molar-refractivity contribution < 1.29 is 23.8 Å². The molecule has 0 bridgehead atoms. The SMILES string of the molecule is CCN1C(=O)/C(=C\c2cc(Br)c(OC(C)C)c(OC)c2)SC1=Nc1cccc(C(=O)N2CCOCC2)c1. The Morgan fingerprint density at radius 2 is 2.00 bits per heavy atom. The Hall–Kier alpha value is -2.82. The number of hydrogen-bond acceptors (Lipinski definition) is 7. The molecule has 10 heteroatoms. The lowest BCUT2D eigenvalue weighted by Gasteiger charge is -2.26. The fourth-order valence-corrected chi connectivity index (χ4v) is 5.58. The van der Waals surface area contributed by atoms with Gasteiger partial charge in [-0.2, -0.15) is 0 Å². The molecule has 2 aliphatic heterocycles. The number of nitrogens with zero attached hydrogens (tertiary/aromatic N) is 3. The van der Waals surface area contributed by atoms with Crippen molar-refractivity contribution in [2.75, 3.05) is 40.0 Å². The lowest BCUT2D eigenvalue weighted by atomic mass is 10.1. The zero-order valence-corrected chi connectivity index (χ0v) is 23.7. The molecule has 196 valence electrons. The van der Waals surface area contributed by atoms with Gasteiger partial charge in [-0.05, 0) is 90.4 Å². The van der Waals surface area contributed by atoms with Crippen LogP contribution in [-0.2, 0) is 9.53 Å². The summed E-state index contributed by atoms with van der Waals surface area (Å²) in [6.07, 6.45) is 1.81. The number of ether oxygens (including phenoxy) is 3. The van der Waals surface area contributed by atoms with Crippen molar-refractivity contribution in [3.63, 3.8) is 0 Å². The van der Waals surface area contributed by atoms with E-state index in [1.54, 1.807) is 29.0 Å². The van der Waals surface area contributed by atoms with E-state index < -0.39 is 0 Å². The van der Waals surface area contributed by atoms with Crippen LogP contribution in [0.3, 0.4) is 0 Å². The quantitative estimate of drug-likeness (QED) is 0.407. The summed E-state index contributed by atoms with van der Waals surface area (Å²) in [5.41, 5.74) is 1.98. The van der Waals surface area contributed by atoms with Crippen molar-refractivity contribution in [3.8, 4) is 11.5 Å². The molecule has 0 spiro atoms. The van der Waals surface area contributed by atoms with Crippen LogP contribution in [0.2, 0.25) is 0 Å². The number of carbonyl (C=O) groups is 2. The van der Waals surface area contributed by atoms with Gasteiger partial charge in [0, 0.05) is 25.2 Å². The minimum Gasteiger partial charge on any atom is -0.493 e. The number of likely N-dealkylation sites (N-methyl/N-ethyl adjacent to an activating group) is 1. The molecule has 2 aliphatic rings. The summed E-state index contributed by atoms with van der Waals surface area (Å²) in [4.78, 5) is 34.8. The molecule has 0 atom stereocenters. The van der Waals surface area contributed by atoms with E-state index >= 15 is 0 Å². The first-order valence-corrected chi connectivity index (χ1v) is 13.7. The number of morpholine rings is 1. The molecule has 2 heterocycles. The molecule has 4 rings (SSSR count). The summed E-state index contributed by atoms with van der Waals surface area (Å²) >= 11 is 4.87. The minimum absolute atomic E-state index is 0.0130. The van der Waals surface area contributed by atoms with Gasteiger partial charge in [0.2, 0.25) is 0 Å². The molecular formula is C27H30BrN3O5S. The maximum Gasteiger partial charge on any atom is 0.266 e. The summed E-state index contributed by atoms with van der Waals surface area (Å²) in [6, 6.07) is 10.9. The van der Waals surface area contributed by atoms with Gasteiger partial charge in [0.15, 0.2) is 16.7 Å². The van der Waals surface area contributed by atoms with Crippen LogP contribution < -0.4 is 9.47 Å². The van der Waals surface area contributed by atoms with Gasteiger partial charge in [-0.3, -0.25) is 14.5 Å². The van der Waals surface area contributed by atoms with Crippen LogP contribution in [0.5, 0.6) is 11.5 Å². The minimum atomic E-state index is -0.121.